The number of benzene rings is 1. The van der Waals surface area contributed by atoms with Gasteiger partial charge in [0, 0.05) is 19.1 Å². The van der Waals surface area contributed by atoms with Crippen molar-refractivity contribution in [2.75, 3.05) is 19.8 Å². The van der Waals surface area contributed by atoms with Crippen molar-refractivity contribution < 1.29 is 9.53 Å². The van der Waals surface area contributed by atoms with Crippen LogP contribution in [0.15, 0.2) is 30.3 Å². The standard InChI is InChI=1S/C14H20N2O2/c15-8-9-18-11-14(17)16(13-6-7-13)10-12-4-2-1-3-5-12/h1-5,13H,6-11,15H2. The molecular formula is C14H20N2O2. The predicted octanol–water partition coefficient (Wildman–Crippen LogP) is 1.15. The van der Waals surface area contributed by atoms with Gasteiger partial charge in [0.2, 0.25) is 5.91 Å². The summed E-state index contributed by atoms with van der Waals surface area (Å²) in [6.45, 7) is 1.71. The number of carbonyl (C=O) groups is 1. The molecule has 1 aliphatic rings. The summed E-state index contributed by atoms with van der Waals surface area (Å²) in [4.78, 5) is 14.0. The molecule has 0 aromatic heterocycles. The molecule has 2 rings (SSSR count). The molecule has 0 heterocycles. The van der Waals surface area contributed by atoms with Crippen molar-refractivity contribution in [3.63, 3.8) is 0 Å². The largest absolute Gasteiger partial charge is 0.370 e. The first-order valence-corrected chi connectivity index (χ1v) is 6.42. The number of rotatable bonds is 7. The Morgan fingerprint density at radius 1 is 1.33 bits per heavy atom. The van der Waals surface area contributed by atoms with Crippen LogP contribution in [0, 0.1) is 0 Å². The van der Waals surface area contributed by atoms with Crippen molar-refractivity contribution in [3.05, 3.63) is 35.9 Å². The van der Waals surface area contributed by atoms with E-state index in [0.29, 0.717) is 25.7 Å². The Balaban J connectivity index is 1.89. The minimum Gasteiger partial charge on any atom is -0.370 e. The second-order valence-electron chi connectivity index (χ2n) is 4.58. The van der Waals surface area contributed by atoms with E-state index in [9.17, 15) is 4.79 Å². The van der Waals surface area contributed by atoms with Crippen LogP contribution in [0.25, 0.3) is 0 Å². The normalized spacial score (nSPS) is 14.5. The Kier molecular flexibility index (Phi) is 4.73. The van der Waals surface area contributed by atoms with Crippen LogP contribution in [-0.2, 0) is 16.1 Å². The van der Waals surface area contributed by atoms with Gasteiger partial charge in [-0.15, -0.1) is 0 Å². The van der Waals surface area contributed by atoms with Crippen LogP contribution in [-0.4, -0.2) is 36.6 Å². The minimum atomic E-state index is 0.0646. The van der Waals surface area contributed by atoms with Gasteiger partial charge < -0.3 is 15.4 Å². The van der Waals surface area contributed by atoms with Gasteiger partial charge in [-0.25, -0.2) is 0 Å². The average molecular weight is 248 g/mol. The number of carbonyl (C=O) groups excluding carboxylic acids is 1. The zero-order valence-electron chi connectivity index (χ0n) is 10.5. The second kappa shape index (κ2) is 6.52. The highest BCUT2D eigenvalue weighted by atomic mass is 16.5. The number of nitrogens with zero attached hydrogens (tertiary/aromatic N) is 1. The van der Waals surface area contributed by atoms with Crippen LogP contribution < -0.4 is 5.73 Å². The molecule has 0 aliphatic heterocycles. The fourth-order valence-corrected chi connectivity index (χ4v) is 1.91. The molecule has 1 aromatic rings. The molecule has 1 saturated carbocycles. The van der Waals surface area contributed by atoms with Crippen molar-refractivity contribution in [3.8, 4) is 0 Å². The van der Waals surface area contributed by atoms with Crippen LogP contribution in [0.1, 0.15) is 18.4 Å². The molecule has 0 saturated heterocycles. The smallest absolute Gasteiger partial charge is 0.249 e. The number of nitrogens with two attached hydrogens (primary N) is 1. The summed E-state index contributed by atoms with van der Waals surface area (Å²) in [7, 11) is 0. The minimum absolute atomic E-state index is 0.0646. The zero-order chi connectivity index (χ0) is 12.8. The van der Waals surface area contributed by atoms with Gasteiger partial charge in [0.1, 0.15) is 6.61 Å². The Morgan fingerprint density at radius 3 is 2.67 bits per heavy atom. The maximum absolute atomic E-state index is 12.1. The maximum Gasteiger partial charge on any atom is 0.249 e. The van der Waals surface area contributed by atoms with E-state index in [2.05, 4.69) is 0 Å². The lowest BCUT2D eigenvalue weighted by Gasteiger charge is -2.22. The highest BCUT2D eigenvalue weighted by molar-refractivity contribution is 5.78. The highest BCUT2D eigenvalue weighted by Crippen LogP contribution is 2.28. The fraction of sp³-hybridized carbons (Fsp3) is 0.500. The maximum atomic E-state index is 12.1. The summed E-state index contributed by atoms with van der Waals surface area (Å²) in [6, 6.07) is 10.5. The molecule has 0 spiro atoms. The Morgan fingerprint density at radius 2 is 2.06 bits per heavy atom. The molecule has 1 aromatic carbocycles. The van der Waals surface area contributed by atoms with E-state index < -0.39 is 0 Å². The fourth-order valence-electron chi connectivity index (χ4n) is 1.91. The van der Waals surface area contributed by atoms with E-state index in [4.69, 9.17) is 10.5 Å². The van der Waals surface area contributed by atoms with Gasteiger partial charge in [0.25, 0.3) is 0 Å². The summed E-state index contributed by atoms with van der Waals surface area (Å²) in [5.41, 5.74) is 6.50. The first kappa shape index (κ1) is 13.1. The van der Waals surface area contributed by atoms with Gasteiger partial charge in [0.05, 0.1) is 6.61 Å². The molecular weight excluding hydrogens is 228 g/mol. The molecule has 18 heavy (non-hydrogen) atoms. The quantitative estimate of drug-likeness (QED) is 0.737. The van der Waals surface area contributed by atoms with Crippen LogP contribution in [0.2, 0.25) is 0 Å². The lowest BCUT2D eigenvalue weighted by molar-refractivity contribution is -0.137. The second-order valence-corrected chi connectivity index (χ2v) is 4.58. The van der Waals surface area contributed by atoms with E-state index in [1.807, 2.05) is 35.2 Å². The number of hydrogen-bond donors (Lipinski definition) is 1. The lowest BCUT2D eigenvalue weighted by Crippen LogP contribution is -2.35. The Hall–Kier alpha value is -1.39. The molecule has 98 valence electrons. The van der Waals surface area contributed by atoms with Gasteiger partial charge >= 0.3 is 0 Å². The predicted molar refractivity (Wildman–Crippen MR) is 69.9 cm³/mol. The van der Waals surface area contributed by atoms with Crippen LogP contribution >= 0.6 is 0 Å². The SMILES string of the molecule is NCCOCC(=O)N(Cc1ccccc1)C1CC1. The van der Waals surface area contributed by atoms with Crippen LogP contribution in [0.4, 0.5) is 0 Å². The summed E-state index contributed by atoms with van der Waals surface area (Å²) in [6.07, 6.45) is 2.21. The van der Waals surface area contributed by atoms with Gasteiger partial charge in [-0.1, -0.05) is 30.3 Å². The average Bonchev–Trinajstić information content (AvgIpc) is 3.21. The van der Waals surface area contributed by atoms with Crippen molar-refractivity contribution in [2.24, 2.45) is 5.73 Å². The molecule has 1 amide bonds. The highest BCUT2D eigenvalue weighted by Gasteiger charge is 2.32. The van der Waals surface area contributed by atoms with Gasteiger partial charge in [-0.3, -0.25) is 4.79 Å². The first-order chi connectivity index (χ1) is 8.81. The molecule has 0 atom stereocenters. The molecule has 4 nitrogen and oxygen atoms in total. The van der Waals surface area contributed by atoms with E-state index >= 15 is 0 Å². The topological polar surface area (TPSA) is 55.6 Å². The molecule has 1 fully saturated rings. The zero-order valence-corrected chi connectivity index (χ0v) is 10.5. The van der Waals surface area contributed by atoms with Crippen LogP contribution in [0.5, 0.6) is 0 Å². The number of hydrogen-bond acceptors (Lipinski definition) is 3. The molecule has 4 heteroatoms. The Bertz CT molecular complexity index is 377. The number of ether oxygens (including phenoxy) is 1. The van der Waals surface area contributed by atoms with E-state index in [1.54, 1.807) is 0 Å². The summed E-state index contributed by atoms with van der Waals surface area (Å²) in [5, 5.41) is 0. The number of amides is 1. The van der Waals surface area contributed by atoms with Crippen LogP contribution in [0.3, 0.4) is 0 Å². The molecule has 0 unspecified atom stereocenters. The van der Waals surface area contributed by atoms with Crippen molar-refractivity contribution >= 4 is 5.91 Å². The first-order valence-electron chi connectivity index (χ1n) is 6.42. The molecule has 0 bridgehead atoms. The Labute approximate surface area is 108 Å². The summed E-state index contributed by atoms with van der Waals surface area (Å²) >= 11 is 0. The van der Waals surface area contributed by atoms with Crippen molar-refractivity contribution in [1.82, 2.24) is 4.90 Å². The molecule has 2 N–H and O–H groups in total. The van der Waals surface area contributed by atoms with Gasteiger partial charge in [0.15, 0.2) is 0 Å². The van der Waals surface area contributed by atoms with Gasteiger partial charge in [-0.05, 0) is 18.4 Å². The molecule has 0 radical (unpaired) electrons. The van der Waals surface area contributed by atoms with Gasteiger partial charge in [-0.2, -0.15) is 0 Å². The van der Waals surface area contributed by atoms with E-state index in [-0.39, 0.29) is 12.5 Å². The monoisotopic (exact) mass is 248 g/mol. The molecule has 1 aliphatic carbocycles. The van der Waals surface area contributed by atoms with Crippen molar-refractivity contribution in [1.29, 1.82) is 0 Å². The van der Waals surface area contributed by atoms with Crippen molar-refractivity contribution in [2.45, 2.75) is 25.4 Å². The third-order valence-electron chi connectivity index (χ3n) is 2.99. The van der Waals surface area contributed by atoms with E-state index in [0.717, 1.165) is 18.4 Å². The summed E-state index contributed by atoms with van der Waals surface area (Å²) < 4.78 is 5.22. The third kappa shape index (κ3) is 3.82. The van der Waals surface area contributed by atoms with E-state index in [1.165, 1.54) is 0 Å². The third-order valence-corrected chi connectivity index (χ3v) is 2.99. The summed E-state index contributed by atoms with van der Waals surface area (Å²) in [5.74, 6) is 0.0646. The lowest BCUT2D eigenvalue weighted by atomic mass is 10.2.